The maximum absolute atomic E-state index is 5.50. The van der Waals surface area contributed by atoms with E-state index in [9.17, 15) is 0 Å². The van der Waals surface area contributed by atoms with Gasteiger partial charge in [0.2, 0.25) is 0 Å². The van der Waals surface area contributed by atoms with E-state index in [2.05, 4.69) is 42.0 Å². The molecule has 0 aliphatic heterocycles. The summed E-state index contributed by atoms with van der Waals surface area (Å²) in [6.07, 6.45) is 0. The first-order valence-corrected chi connectivity index (χ1v) is 6.95. The third-order valence-electron chi connectivity index (χ3n) is 2.34. The zero-order chi connectivity index (χ0) is 13.6. The van der Waals surface area contributed by atoms with Crippen LogP contribution in [0.2, 0.25) is 0 Å². The van der Waals surface area contributed by atoms with Crippen molar-refractivity contribution < 1.29 is 9.47 Å². The van der Waals surface area contributed by atoms with Crippen LogP contribution in [-0.2, 0) is 11.3 Å². The Morgan fingerprint density at radius 2 is 2.00 bits per heavy atom. The molecule has 0 aromatic heterocycles. The molecule has 0 aliphatic carbocycles. The van der Waals surface area contributed by atoms with Crippen LogP contribution in [0.5, 0.6) is 5.75 Å². The van der Waals surface area contributed by atoms with Crippen LogP contribution < -0.4 is 10.1 Å². The molecule has 102 valence electrons. The van der Waals surface area contributed by atoms with E-state index in [1.807, 2.05) is 25.1 Å². The molecule has 1 rings (SSSR count). The van der Waals surface area contributed by atoms with Crippen LogP contribution >= 0.6 is 15.9 Å². The molecular weight excluding hydrogens is 294 g/mol. The number of halogens is 1. The van der Waals surface area contributed by atoms with E-state index in [0.29, 0.717) is 13.4 Å². The number of benzene rings is 1. The molecule has 0 atom stereocenters. The third-order valence-corrected chi connectivity index (χ3v) is 3.11. The summed E-state index contributed by atoms with van der Waals surface area (Å²) < 4.78 is 11.8. The smallest absolute Gasteiger partial charge is 0.189 e. The number of rotatable bonds is 6. The number of hydrogen-bond donors (Lipinski definition) is 1. The maximum atomic E-state index is 5.50. The summed E-state index contributed by atoms with van der Waals surface area (Å²) in [6, 6.07) is 5.96. The molecule has 1 N–H and O–H groups in total. The zero-order valence-electron chi connectivity index (χ0n) is 11.5. The highest BCUT2D eigenvalue weighted by Crippen LogP contribution is 2.23. The lowest BCUT2D eigenvalue weighted by Crippen LogP contribution is -2.35. The molecule has 0 saturated heterocycles. The Hall–Kier alpha value is -0.580. The fourth-order valence-electron chi connectivity index (χ4n) is 1.33. The van der Waals surface area contributed by atoms with Crippen molar-refractivity contribution in [3.05, 3.63) is 28.2 Å². The van der Waals surface area contributed by atoms with Crippen LogP contribution in [0.15, 0.2) is 22.7 Å². The van der Waals surface area contributed by atoms with Crippen molar-refractivity contribution in [1.29, 1.82) is 0 Å². The van der Waals surface area contributed by atoms with E-state index >= 15 is 0 Å². The number of hydrogen-bond acceptors (Lipinski definition) is 3. The minimum Gasteiger partial charge on any atom is -0.468 e. The van der Waals surface area contributed by atoms with Gasteiger partial charge in [-0.2, -0.15) is 0 Å². The van der Waals surface area contributed by atoms with E-state index in [0.717, 1.165) is 16.8 Å². The molecule has 0 bridgehead atoms. The molecule has 1 aromatic rings. The Morgan fingerprint density at radius 3 is 2.61 bits per heavy atom. The van der Waals surface area contributed by atoms with Gasteiger partial charge in [0.1, 0.15) is 5.75 Å². The second-order valence-electron chi connectivity index (χ2n) is 5.11. The highest BCUT2D eigenvalue weighted by Gasteiger charge is 2.10. The molecule has 0 unspecified atom stereocenters. The lowest BCUT2D eigenvalue weighted by atomic mass is 10.1. The highest BCUT2D eigenvalue weighted by molar-refractivity contribution is 9.10. The van der Waals surface area contributed by atoms with Gasteiger partial charge in [-0.1, -0.05) is 15.9 Å². The van der Waals surface area contributed by atoms with E-state index < -0.39 is 0 Å². The topological polar surface area (TPSA) is 30.5 Å². The predicted molar refractivity (Wildman–Crippen MR) is 77.9 cm³/mol. The lowest BCUT2D eigenvalue weighted by Gasteiger charge is -2.21. The van der Waals surface area contributed by atoms with Crippen molar-refractivity contribution in [3.8, 4) is 5.75 Å². The first-order valence-electron chi connectivity index (χ1n) is 6.16. The average Bonchev–Trinajstić information content (AvgIpc) is 2.29. The normalized spacial score (nSPS) is 11.6. The molecule has 18 heavy (non-hydrogen) atoms. The summed E-state index contributed by atoms with van der Waals surface area (Å²) >= 11 is 3.55. The van der Waals surface area contributed by atoms with Crippen LogP contribution in [0.3, 0.4) is 0 Å². The summed E-state index contributed by atoms with van der Waals surface area (Å²) in [4.78, 5) is 0. The molecule has 3 nitrogen and oxygen atoms in total. The van der Waals surface area contributed by atoms with Gasteiger partial charge >= 0.3 is 0 Å². The molecule has 0 spiro atoms. The van der Waals surface area contributed by atoms with Crippen LogP contribution in [-0.4, -0.2) is 18.9 Å². The molecule has 0 saturated carbocycles. The number of nitrogens with one attached hydrogen (secondary N) is 1. The Bertz CT molecular complexity index is 375. The van der Waals surface area contributed by atoms with Crippen LogP contribution in [0.4, 0.5) is 0 Å². The minimum absolute atomic E-state index is 0.0988. The van der Waals surface area contributed by atoms with Gasteiger partial charge in [0.05, 0.1) is 0 Å². The summed E-state index contributed by atoms with van der Waals surface area (Å²) in [5.41, 5.74) is 1.28. The summed E-state index contributed by atoms with van der Waals surface area (Å²) in [7, 11) is 0. The maximum Gasteiger partial charge on any atom is 0.189 e. The first kappa shape index (κ1) is 15.5. The van der Waals surface area contributed by atoms with Gasteiger partial charge in [0.25, 0.3) is 0 Å². The van der Waals surface area contributed by atoms with Gasteiger partial charge in [-0.25, -0.2) is 0 Å². The monoisotopic (exact) mass is 315 g/mol. The Balaban J connectivity index is 2.63. The molecular formula is C14H22BrNO2. The number of ether oxygens (including phenoxy) is 2. The van der Waals surface area contributed by atoms with Gasteiger partial charge in [0.15, 0.2) is 6.79 Å². The quantitative estimate of drug-likeness (QED) is 0.641. The van der Waals surface area contributed by atoms with E-state index in [-0.39, 0.29) is 5.54 Å². The highest BCUT2D eigenvalue weighted by atomic mass is 79.9. The molecule has 0 aliphatic rings. The van der Waals surface area contributed by atoms with Gasteiger partial charge in [-0.15, -0.1) is 0 Å². The molecule has 0 heterocycles. The van der Waals surface area contributed by atoms with Crippen molar-refractivity contribution in [3.63, 3.8) is 0 Å². The van der Waals surface area contributed by atoms with Gasteiger partial charge in [0, 0.05) is 23.2 Å². The molecule has 0 radical (unpaired) electrons. The van der Waals surface area contributed by atoms with Crippen molar-refractivity contribution in [2.75, 3.05) is 13.4 Å². The van der Waals surface area contributed by atoms with Crippen molar-refractivity contribution in [1.82, 2.24) is 5.32 Å². The van der Waals surface area contributed by atoms with Crippen LogP contribution in [0, 0.1) is 0 Å². The van der Waals surface area contributed by atoms with E-state index in [1.54, 1.807) is 0 Å². The van der Waals surface area contributed by atoms with Crippen molar-refractivity contribution in [2.45, 2.75) is 39.8 Å². The fraction of sp³-hybridized carbons (Fsp3) is 0.571. The van der Waals surface area contributed by atoms with E-state index in [4.69, 9.17) is 9.47 Å². The molecule has 0 fully saturated rings. The summed E-state index contributed by atoms with van der Waals surface area (Å²) in [5, 5.41) is 3.46. The summed E-state index contributed by atoms with van der Waals surface area (Å²) in [6.45, 7) is 10.2. The predicted octanol–water partition coefficient (Wildman–Crippen LogP) is 3.71. The first-order chi connectivity index (χ1) is 8.42. The zero-order valence-corrected chi connectivity index (χ0v) is 13.1. The second-order valence-corrected chi connectivity index (χ2v) is 5.97. The van der Waals surface area contributed by atoms with Crippen LogP contribution in [0.1, 0.15) is 33.3 Å². The Kier molecular flexibility index (Phi) is 6.12. The van der Waals surface area contributed by atoms with E-state index in [1.165, 1.54) is 5.56 Å². The Morgan fingerprint density at radius 1 is 1.28 bits per heavy atom. The molecule has 1 aromatic carbocycles. The fourth-order valence-corrected chi connectivity index (χ4v) is 1.72. The largest absolute Gasteiger partial charge is 0.468 e. The third kappa shape index (κ3) is 5.85. The average molecular weight is 316 g/mol. The van der Waals surface area contributed by atoms with Gasteiger partial charge in [-0.3, -0.25) is 0 Å². The summed E-state index contributed by atoms with van der Waals surface area (Å²) in [5.74, 6) is 0.831. The van der Waals surface area contributed by atoms with Gasteiger partial charge < -0.3 is 14.8 Å². The van der Waals surface area contributed by atoms with Gasteiger partial charge in [-0.05, 0) is 51.5 Å². The van der Waals surface area contributed by atoms with Crippen molar-refractivity contribution >= 4 is 15.9 Å². The lowest BCUT2D eigenvalue weighted by molar-refractivity contribution is 0.0223. The SMILES string of the molecule is CCOCOc1ccc(Br)c(CNC(C)(C)C)c1. The van der Waals surface area contributed by atoms with Crippen molar-refractivity contribution in [2.24, 2.45) is 0 Å². The standard InChI is InChI=1S/C14H22BrNO2/c1-5-17-10-18-12-6-7-13(15)11(8-12)9-16-14(2,3)4/h6-8,16H,5,9-10H2,1-4H3. The molecule has 0 amide bonds. The van der Waals surface area contributed by atoms with Crippen LogP contribution in [0.25, 0.3) is 0 Å². The minimum atomic E-state index is 0.0988. The molecule has 4 heteroatoms. The second kappa shape index (κ2) is 7.12. The Labute approximate surface area is 118 Å².